The van der Waals surface area contributed by atoms with Gasteiger partial charge in [0.25, 0.3) is 0 Å². The summed E-state index contributed by atoms with van der Waals surface area (Å²) in [6.45, 7) is 3.68. The molecule has 0 spiro atoms. The molecule has 1 heterocycles. The van der Waals surface area contributed by atoms with Gasteiger partial charge in [-0.3, -0.25) is 0 Å². The molecule has 1 aromatic rings. The second-order valence-corrected chi connectivity index (χ2v) is 6.17. The maximum Gasteiger partial charge on any atom is 0.0925 e. The van der Waals surface area contributed by atoms with E-state index in [9.17, 15) is 5.11 Å². The zero-order chi connectivity index (χ0) is 10.8. The van der Waals surface area contributed by atoms with Gasteiger partial charge in [0.2, 0.25) is 0 Å². The molecule has 0 amide bonds. The van der Waals surface area contributed by atoms with Crippen LogP contribution >= 0.6 is 27.3 Å². The third-order valence-electron chi connectivity index (χ3n) is 2.39. The molecule has 0 aliphatic carbocycles. The molecule has 0 saturated heterocycles. The summed E-state index contributed by atoms with van der Waals surface area (Å²) < 4.78 is 6.23. The lowest BCUT2D eigenvalue weighted by molar-refractivity contribution is -0.0711. The summed E-state index contributed by atoms with van der Waals surface area (Å²) in [5.74, 6) is 0. The Hall–Kier alpha value is 0.1000. The van der Waals surface area contributed by atoms with Crippen molar-refractivity contribution in [2.45, 2.75) is 32.0 Å². The molecular weight excluding hydrogens is 264 g/mol. The van der Waals surface area contributed by atoms with Gasteiger partial charge in [0.1, 0.15) is 0 Å². The highest BCUT2D eigenvalue weighted by molar-refractivity contribution is 9.11. The molecule has 1 rings (SSSR count). The van der Waals surface area contributed by atoms with E-state index in [1.807, 2.05) is 19.1 Å². The van der Waals surface area contributed by atoms with Crippen LogP contribution in [0.4, 0.5) is 0 Å². The van der Waals surface area contributed by atoms with E-state index in [0.717, 1.165) is 8.66 Å². The molecule has 0 radical (unpaired) electrons. The van der Waals surface area contributed by atoms with Gasteiger partial charge < -0.3 is 9.84 Å². The second kappa shape index (κ2) is 4.75. The molecule has 2 atom stereocenters. The van der Waals surface area contributed by atoms with E-state index in [2.05, 4.69) is 15.9 Å². The van der Waals surface area contributed by atoms with Crippen molar-refractivity contribution in [2.75, 3.05) is 7.11 Å². The molecule has 1 aromatic heterocycles. The highest BCUT2D eigenvalue weighted by Gasteiger charge is 2.29. The molecule has 0 aromatic carbocycles. The van der Waals surface area contributed by atoms with Crippen LogP contribution in [0.3, 0.4) is 0 Å². The van der Waals surface area contributed by atoms with Gasteiger partial charge in [0, 0.05) is 18.4 Å². The van der Waals surface area contributed by atoms with E-state index in [1.165, 1.54) is 0 Å². The standard InChI is InChI=1S/C10H15BrO2S/c1-7(13-3)10(2,12)6-8-4-5-9(11)14-8/h4-5,7,12H,6H2,1-3H3. The summed E-state index contributed by atoms with van der Waals surface area (Å²) >= 11 is 5.04. The van der Waals surface area contributed by atoms with Crippen LogP contribution in [-0.4, -0.2) is 23.9 Å². The fourth-order valence-electron chi connectivity index (χ4n) is 1.20. The Morgan fingerprint density at radius 3 is 2.71 bits per heavy atom. The van der Waals surface area contributed by atoms with Crippen LogP contribution < -0.4 is 0 Å². The quantitative estimate of drug-likeness (QED) is 0.918. The molecule has 80 valence electrons. The number of hydrogen-bond donors (Lipinski definition) is 1. The average Bonchev–Trinajstić information content (AvgIpc) is 2.48. The summed E-state index contributed by atoms with van der Waals surface area (Å²) in [6, 6.07) is 4.01. The number of halogens is 1. The number of methoxy groups -OCH3 is 1. The van der Waals surface area contributed by atoms with Gasteiger partial charge in [-0.15, -0.1) is 11.3 Å². The van der Waals surface area contributed by atoms with Crippen molar-refractivity contribution < 1.29 is 9.84 Å². The van der Waals surface area contributed by atoms with Crippen LogP contribution in [0.2, 0.25) is 0 Å². The minimum atomic E-state index is -0.807. The molecule has 1 N–H and O–H groups in total. The first-order valence-electron chi connectivity index (χ1n) is 4.45. The average molecular weight is 279 g/mol. The summed E-state index contributed by atoms with van der Waals surface area (Å²) in [5, 5.41) is 10.1. The first-order valence-corrected chi connectivity index (χ1v) is 6.06. The topological polar surface area (TPSA) is 29.5 Å². The van der Waals surface area contributed by atoms with Crippen LogP contribution in [0.15, 0.2) is 15.9 Å². The molecule has 0 bridgehead atoms. The molecule has 0 saturated carbocycles. The van der Waals surface area contributed by atoms with Crippen molar-refractivity contribution in [3.63, 3.8) is 0 Å². The molecule has 2 unspecified atom stereocenters. The van der Waals surface area contributed by atoms with Crippen molar-refractivity contribution >= 4 is 27.3 Å². The summed E-state index contributed by atoms with van der Waals surface area (Å²) in [5.41, 5.74) is -0.807. The van der Waals surface area contributed by atoms with Crippen molar-refractivity contribution in [3.05, 3.63) is 20.8 Å². The maximum absolute atomic E-state index is 10.1. The predicted octanol–water partition coefficient (Wildman–Crippen LogP) is 2.84. The second-order valence-electron chi connectivity index (χ2n) is 3.62. The molecule has 0 fully saturated rings. The molecule has 0 aliphatic heterocycles. The van der Waals surface area contributed by atoms with Crippen molar-refractivity contribution in [1.82, 2.24) is 0 Å². The van der Waals surface area contributed by atoms with Gasteiger partial charge in [-0.05, 0) is 41.9 Å². The van der Waals surface area contributed by atoms with Crippen molar-refractivity contribution in [2.24, 2.45) is 0 Å². The lowest BCUT2D eigenvalue weighted by Gasteiger charge is -2.28. The van der Waals surface area contributed by atoms with Gasteiger partial charge in [-0.2, -0.15) is 0 Å². The lowest BCUT2D eigenvalue weighted by Crippen LogP contribution is -2.40. The molecule has 14 heavy (non-hydrogen) atoms. The number of thiophene rings is 1. The van der Waals surface area contributed by atoms with Gasteiger partial charge in [0.05, 0.1) is 15.5 Å². The van der Waals surface area contributed by atoms with Gasteiger partial charge in [-0.25, -0.2) is 0 Å². The van der Waals surface area contributed by atoms with Gasteiger partial charge in [-0.1, -0.05) is 0 Å². The highest BCUT2D eigenvalue weighted by Crippen LogP contribution is 2.27. The van der Waals surface area contributed by atoms with Gasteiger partial charge in [0.15, 0.2) is 0 Å². The Morgan fingerprint density at radius 1 is 1.64 bits per heavy atom. The Kier molecular flexibility index (Phi) is 4.13. The summed E-state index contributed by atoms with van der Waals surface area (Å²) in [6.07, 6.45) is 0.460. The number of rotatable bonds is 4. The zero-order valence-electron chi connectivity index (χ0n) is 8.58. The molecule has 2 nitrogen and oxygen atoms in total. The molecule has 4 heteroatoms. The number of aliphatic hydroxyl groups is 1. The lowest BCUT2D eigenvalue weighted by atomic mass is 9.95. The Bertz CT molecular complexity index is 296. The van der Waals surface area contributed by atoms with E-state index in [-0.39, 0.29) is 6.10 Å². The SMILES string of the molecule is COC(C)C(C)(O)Cc1ccc(Br)s1. The number of hydrogen-bond acceptors (Lipinski definition) is 3. The van der Waals surface area contributed by atoms with E-state index in [4.69, 9.17) is 4.74 Å². The fraction of sp³-hybridized carbons (Fsp3) is 0.600. The monoisotopic (exact) mass is 278 g/mol. The third-order valence-corrected chi connectivity index (χ3v) is 4.01. The zero-order valence-corrected chi connectivity index (χ0v) is 11.0. The van der Waals surface area contributed by atoms with E-state index >= 15 is 0 Å². The fourth-order valence-corrected chi connectivity index (χ4v) is 2.84. The van der Waals surface area contributed by atoms with Crippen LogP contribution in [0, 0.1) is 0 Å². The summed E-state index contributed by atoms with van der Waals surface area (Å²) in [7, 11) is 1.61. The Balaban J connectivity index is 2.67. The molecule has 0 aliphatic rings. The van der Waals surface area contributed by atoms with Gasteiger partial charge >= 0.3 is 0 Å². The third kappa shape index (κ3) is 3.05. The van der Waals surface area contributed by atoms with Crippen LogP contribution in [0.5, 0.6) is 0 Å². The van der Waals surface area contributed by atoms with E-state index < -0.39 is 5.60 Å². The number of ether oxygens (including phenoxy) is 1. The van der Waals surface area contributed by atoms with Crippen LogP contribution in [0.1, 0.15) is 18.7 Å². The summed E-state index contributed by atoms with van der Waals surface area (Å²) in [4.78, 5) is 1.16. The first-order chi connectivity index (χ1) is 6.45. The Labute approximate surface area is 97.0 Å². The smallest absolute Gasteiger partial charge is 0.0925 e. The van der Waals surface area contributed by atoms with Crippen molar-refractivity contribution in [3.8, 4) is 0 Å². The normalized spacial score (nSPS) is 17.8. The largest absolute Gasteiger partial charge is 0.387 e. The van der Waals surface area contributed by atoms with Crippen LogP contribution in [0.25, 0.3) is 0 Å². The Morgan fingerprint density at radius 2 is 2.29 bits per heavy atom. The minimum absolute atomic E-state index is 0.164. The highest BCUT2D eigenvalue weighted by atomic mass is 79.9. The predicted molar refractivity (Wildman–Crippen MR) is 62.8 cm³/mol. The molecular formula is C10H15BrO2S. The van der Waals surface area contributed by atoms with Crippen molar-refractivity contribution in [1.29, 1.82) is 0 Å². The minimum Gasteiger partial charge on any atom is -0.387 e. The maximum atomic E-state index is 10.1. The van der Waals surface area contributed by atoms with E-state index in [1.54, 1.807) is 25.4 Å². The van der Waals surface area contributed by atoms with Crippen LogP contribution in [-0.2, 0) is 11.2 Å². The van der Waals surface area contributed by atoms with E-state index in [0.29, 0.717) is 6.42 Å². The first kappa shape index (κ1) is 12.2.